The molecule has 0 aliphatic carbocycles. The van der Waals surface area contributed by atoms with Gasteiger partial charge in [0.2, 0.25) is 0 Å². The van der Waals surface area contributed by atoms with E-state index >= 15 is 0 Å². The van der Waals surface area contributed by atoms with Gasteiger partial charge in [-0.2, -0.15) is 5.10 Å². The molecule has 1 aliphatic rings. The van der Waals surface area contributed by atoms with Crippen molar-refractivity contribution in [2.24, 2.45) is 5.92 Å². The summed E-state index contributed by atoms with van der Waals surface area (Å²) in [5.41, 5.74) is 2.97. The number of carbonyl (C=O) groups is 1. The van der Waals surface area contributed by atoms with Crippen LogP contribution < -0.4 is 0 Å². The summed E-state index contributed by atoms with van der Waals surface area (Å²) in [6, 6.07) is 6.07. The minimum atomic E-state index is 0.114. The number of aromatic nitrogens is 3. The minimum absolute atomic E-state index is 0.114. The highest BCUT2D eigenvalue weighted by Gasteiger charge is 2.24. The van der Waals surface area contributed by atoms with Gasteiger partial charge in [0.1, 0.15) is 5.69 Å². The Morgan fingerprint density at radius 3 is 2.78 bits per heavy atom. The van der Waals surface area contributed by atoms with Crippen LogP contribution in [-0.2, 0) is 19.5 Å². The zero-order chi connectivity index (χ0) is 19.2. The van der Waals surface area contributed by atoms with Gasteiger partial charge >= 0.3 is 0 Å². The number of carbonyl (C=O) groups excluding carboxylic acids is 1. The second-order valence-electron chi connectivity index (χ2n) is 7.72. The van der Waals surface area contributed by atoms with Crippen molar-refractivity contribution in [3.8, 4) is 0 Å². The zero-order valence-electron chi connectivity index (χ0n) is 16.8. The highest BCUT2D eigenvalue weighted by molar-refractivity contribution is 5.92. The molecule has 0 atom stereocenters. The first-order chi connectivity index (χ1) is 13.1. The molecule has 1 saturated heterocycles. The van der Waals surface area contributed by atoms with E-state index in [0.717, 1.165) is 63.5 Å². The van der Waals surface area contributed by atoms with Crippen LogP contribution in [0, 0.1) is 5.92 Å². The number of nitrogens with zero attached hydrogens (tertiary/aromatic N) is 5. The van der Waals surface area contributed by atoms with Crippen molar-refractivity contribution >= 4 is 5.91 Å². The second-order valence-corrected chi connectivity index (χ2v) is 7.72. The Morgan fingerprint density at radius 1 is 1.22 bits per heavy atom. The van der Waals surface area contributed by atoms with Crippen LogP contribution in [0.25, 0.3) is 0 Å². The zero-order valence-corrected chi connectivity index (χ0v) is 16.8. The molecule has 0 saturated carbocycles. The lowest BCUT2D eigenvalue weighted by atomic mass is 10.1. The van der Waals surface area contributed by atoms with Crippen LogP contribution in [-0.4, -0.2) is 56.7 Å². The summed E-state index contributed by atoms with van der Waals surface area (Å²) in [4.78, 5) is 21.7. The average Bonchev–Trinajstić information content (AvgIpc) is 2.91. The molecule has 6 heteroatoms. The third kappa shape index (κ3) is 5.16. The Balaban J connectivity index is 1.64. The highest BCUT2D eigenvalue weighted by atomic mass is 16.2. The van der Waals surface area contributed by atoms with Crippen molar-refractivity contribution in [1.82, 2.24) is 24.6 Å². The molecule has 2 aromatic rings. The van der Waals surface area contributed by atoms with Crippen LogP contribution in [0.3, 0.4) is 0 Å². The molecule has 1 aliphatic heterocycles. The predicted molar refractivity (Wildman–Crippen MR) is 106 cm³/mol. The van der Waals surface area contributed by atoms with Crippen LogP contribution >= 0.6 is 0 Å². The quantitative estimate of drug-likeness (QED) is 0.786. The predicted octanol–water partition coefficient (Wildman–Crippen LogP) is 2.84. The fourth-order valence-corrected chi connectivity index (χ4v) is 3.65. The van der Waals surface area contributed by atoms with Crippen LogP contribution in [0.2, 0.25) is 0 Å². The molecule has 0 bridgehead atoms. The van der Waals surface area contributed by atoms with E-state index in [9.17, 15) is 4.79 Å². The molecule has 27 heavy (non-hydrogen) atoms. The first kappa shape index (κ1) is 19.5. The van der Waals surface area contributed by atoms with Crippen molar-refractivity contribution in [3.05, 3.63) is 47.5 Å². The van der Waals surface area contributed by atoms with Crippen LogP contribution in [0.5, 0.6) is 0 Å². The molecule has 1 amide bonds. The number of pyridine rings is 1. The Labute approximate surface area is 162 Å². The van der Waals surface area contributed by atoms with E-state index < -0.39 is 0 Å². The summed E-state index contributed by atoms with van der Waals surface area (Å²) in [6.45, 7) is 11.5. The lowest BCUT2D eigenvalue weighted by Crippen LogP contribution is -2.36. The number of aryl methyl sites for hydroxylation is 1. The number of hydrogen-bond acceptors (Lipinski definition) is 4. The van der Waals surface area contributed by atoms with E-state index in [2.05, 4.69) is 34.9 Å². The van der Waals surface area contributed by atoms with E-state index in [1.165, 1.54) is 5.56 Å². The molecule has 0 spiro atoms. The molecule has 0 aromatic carbocycles. The van der Waals surface area contributed by atoms with E-state index in [4.69, 9.17) is 0 Å². The maximum absolute atomic E-state index is 13.1. The Hall–Kier alpha value is -2.21. The largest absolute Gasteiger partial charge is 0.336 e. The van der Waals surface area contributed by atoms with Gasteiger partial charge in [0.15, 0.2) is 0 Å². The normalized spacial score (nSPS) is 15.9. The van der Waals surface area contributed by atoms with Crippen LogP contribution in [0.4, 0.5) is 0 Å². The van der Waals surface area contributed by atoms with Gasteiger partial charge in [-0.15, -0.1) is 0 Å². The summed E-state index contributed by atoms with van der Waals surface area (Å²) in [7, 11) is 0. The smallest absolute Gasteiger partial charge is 0.272 e. The lowest BCUT2D eigenvalue weighted by Gasteiger charge is -2.22. The fraction of sp³-hybridized carbons (Fsp3) is 0.571. The average molecular weight is 370 g/mol. The molecule has 0 N–H and O–H groups in total. The van der Waals surface area contributed by atoms with Crippen molar-refractivity contribution in [3.63, 3.8) is 0 Å². The van der Waals surface area contributed by atoms with Gasteiger partial charge in [-0.3, -0.25) is 19.4 Å². The molecule has 0 unspecified atom stereocenters. The molecule has 6 nitrogen and oxygen atoms in total. The van der Waals surface area contributed by atoms with Crippen LogP contribution in [0.15, 0.2) is 30.6 Å². The topological polar surface area (TPSA) is 54.3 Å². The maximum atomic E-state index is 13.1. The second kappa shape index (κ2) is 9.13. The molecule has 0 radical (unpaired) electrons. The van der Waals surface area contributed by atoms with Crippen molar-refractivity contribution in [2.45, 2.75) is 46.7 Å². The Kier molecular flexibility index (Phi) is 6.61. The molecule has 3 rings (SSSR count). The lowest BCUT2D eigenvalue weighted by molar-refractivity contribution is 0.0748. The summed E-state index contributed by atoms with van der Waals surface area (Å²) < 4.78 is 1.86. The highest BCUT2D eigenvalue weighted by Crippen LogP contribution is 2.15. The standard InChI is InChI=1S/C21H31N5O/c1-4-26-20(14-19(23-26)13-17(2)3)21(27)25-10-6-9-24(11-12-25)16-18-7-5-8-22-15-18/h5,7-8,14-15,17H,4,6,9-13,16H2,1-3H3. The molecule has 146 valence electrons. The molecular weight excluding hydrogens is 338 g/mol. The number of rotatable bonds is 6. The van der Waals surface area contributed by atoms with E-state index in [1.54, 1.807) is 6.20 Å². The van der Waals surface area contributed by atoms with E-state index in [-0.39, 0.29) is 5.91 Å². The van der Waals surface area contributed by atoms with Gasteiger partial charge in [-0.25, -0.2) is 0 Å². The first-order valence-electron chi connectivity index (χ1n) is 10.0. The molecule has 1 fully saturated rings. The van der Waals surface area contributed by atoms with Gasteiger partial charge in [-0.05, 0) is 43.4 Å². The van der Waals surface area contributed by atoms with Crippen molar-refractivity contribution < 1.29 is 4.79 Å². The van der Waals surface area contributed by atoms with Crippen molar-refractivity contribution in [2.75, 3.05) is 26.2 Å². The van der Waals surface area contributed by atoms with Gasteiger partial charge in [0, 0.05) is 51.7 Å². The SMILES string of the molecule is CCn1nc(CC(C)C)cc1C(=O)N1CCCN(Cc2cccnc2)CC1. The number of amides is 1. The summed E-state index contributed by atoms with van der Waals surface area (Å²) >= 11 is 0. The summed E-state index contributed by atoms with van der Waals surface area (Å²) in [5, 5.41) is 4.63. The van der Waals surface area contributed by atoms with Crippen LogP contribution in [0.1, 0.15) is 48.9 Å². The first-order valence-corrected chi connectivity index (χ1v) is 10.0. The van der Waals surface area contributed by atoms with Gasteiger partial charge in [-0.1, -0.05) is 19.9 Å². The minimum Gasteiger partial charge on any atom is -0.336 e. The van der Waals surface area contributed by atoms with Gasteiger partial charge in [0.25, 0.3) is 5.91 Å². The third-order valence-electron chi connectivity index (χ3n) is 4.97. The van der Waals surface area contributed by atoms with E-state index in [1.807, 2.05) is 34.8 Å². The third-order valence-corrected chi connectivity index (χ3v) is 4.97. The molecule has 2 aromatic heterocycles. The molecular formula is C21H31N5O. The maximum Gasteiger partial charge on any atom is 0.272 e. The molecule has 3 heterocycles. The van der Waals surface area contributed by atoms with Gasteiger partial charge < -0.3 is 4.90 Å². The fourth-order valence-electron chi connectivity index (χ4n) is 3.65. The summed E-state index contributed by atoms with van der Waals surface area (Å²) in [5.74, 6) is 0.648. The van der Waals surface area contributed by atoms with E-state index in [0.29, 0.717) is 5.92 Å². The number of hydrogen-bond donors (Lipinski definition) is 0. The summed E-state index contributed by atoms with van der Waals surface area (Å²) in [6.07, 6.45) is 5.62. The Morgan fingerprint density at radius 2 is 2.07 bits per heavy atom. The monoisotopic (exact) mass is 369 g/mol. The van der Waals surface area contributed by atoms with Crippen molar-refractivity contribution in [1.29, 1.82) is 0 Å². The van der Waals surface area contributed by atoms with Gasteiger partial charge in [0.05, 0.1) is 5.69 Å². The Bertz CT molecular complexity index is 740.